The van der Waals surface area contributed by atoms with Crippen LogP contribution >= 0.6 is 0 Å². The maximum atomic E-state index is 13.5. The molecule has 0 fully saturated rings. The normalized spacial score (nSPS) is 11.2. The Bertz CT molecular complexity index is 1690. The van der Waals surface area contributed by atoms with Crippen molar-refractivity contribution in [1.29, 1.82) is 0 Å². The lowest BCUT2D eigenvalue weighted by atomic mass is 10.3. The summed E-state index contributed by atoms with van der Waals surface area (Å²) in [6.07, 6.45) is 0. The lowest BCUT2D eigenvalue weighted by Crippen LogP contribution is -2.31. The van der Waals surface area contributed by atoms with Crippen molar-refractivity contribution < 1.29 is 9.59 Å². The van der Waals surface area contributed by atoms with Gasteiger partial charge in [0.05, 0.1) is 22.1 Å². The Hall–Kier alpha value is -5.24. The smallest absolute Gasteiger partial charge is 0.246 e. The molecule has 0 unspecified atom stereocenters. The van der Waals surface area contributed by atoms with Crippen molar-refractivity contribution in [2.24, 2.45) is 0 Å². The van der Waals surface area contributed by atoms with Gasteiger partial charge in [0.1, 0.15) is 13.1 Å². The van der Waals surface area contributed by atoms with Crippen LogP contribution in [-0.4, -0.2) is 45.0 Å². The third-order valence-electron chi connectivity index (χ3n) is 7.13. The van der Waals surface area contributed by atoms with Crippen LogP contribution in [0, 0.1) is 0 Å². The first-order valence-corrected chi connectivity index (χ1v) is 13.1. The number of carbonyl (C=O) groups excluding carboxylic acids is 2. The van der Waals surface area contributed by atoms with E-state index < -0.39 is 0 Å². The zero-order valence-corrected chi connectivity index (χ0v) is 22.3. The fraction of sp³-hybridized carbons (Fsp3) is 0.125. The highest BCUT2D eigenvalue weighted by atomic mass is 16.2. The molecule has 2 amide bonds. The van der Waals surface area contributed by atoms with Gasteiger partial charge in [0.15, 0.2) is 11.6 Å². The molecule has 0 atom stereocenters. The number of anilines is 2. The van der Waals surface area contributed by atoms with Gasteiger partial charge in [-0.3, -0.25) is 9.59 Å². The molecule has 8 nitrogen and oxygen atoms in total. The van der Waals surface area contributed by atoms with Crippen LogP contribution in [0.25, 0.3) is 33.7 Å². The Morgan fingerprint density at radius 3 is 1.30 bits per heavy atom. The van der Waals surface area contributed by atoms with E-state index in [2.05, 4.69) is 0 Å². The number of nitrogens with zero attached hydrogens (tertiary/aromatic N) is 6. The van der Waals surface area contributed by atoms with E-state index in [1.54, 1.807) is 23.9 Å². The number of carbonyl (C=O) groups is 2. The van der Waals surface area contributed by atoms with E-state index in [-0.39, 0.29) is 24.9 Å². The van der Waals surface area contributed by atoms with E-state index in [4.69, 9.17) is 9.97 Å². The van der Waals surface area contributed by atoms with Crippen LogP contribution in [0.4, 0.5) is 11.4 Å². The highest BCUT2D eigenvalue weighted by Crippen LogP contribution is 2.29. The number of rotatable bonds is 7. The second-order valence-electron chi connectivity index (χ2n) is 9.60. The summed E-state index contributed by atoms with van der Waals surface area (Å²) in [5.41, 5.74) is 4.75. The average molecular weight is 529 g/mol. The molecule has 8 heteroatoms. The molecule has 0 saturated carbocycles. The maximum absolute atomic E-state index is 13.5. The van der Waals surface area contributed by atoms with Crippen LogP contribution in [0.1, 0.15) is 0 Å². The molecule has 198 valence electrons. The Kier molecular flexibility index (Phi) is 6.57. The fourth-order valence-corrected chi connectivity index (χ4v) is 4.89. The molecule has 0 saturated heterocycles. The van der Waals surface area contributed by atoms with Gasteiger partial charge in [0, 0.05) is 25.5 Å². The summed E-state index contributed by atoms with van der Waals surface area (Å²) < 4.78 is 3.78. The molecule has 0 bridgehead atoms. The Labute approximate surface area is 231 Å². The zero-order chi connectivity index (χ0) is 27.6. The van der Waals surface area contributed by atoms with Crippen LogP contribution < -0.4 is 9.80 Å². The highest BCUT2D eigenvalue weighted by molar-refractivity contribution is 5.96. The van der Waals surface area contributed by atoms with Gasteiger partial charge >= 0.3 is 0 Å². The molecular formula is C32H28N6O2. The van der Waals surface area contributed by atoms with Crippen LogP contribution in [-0.2, 0) is 22.7 Å². The van der Waals surface area contributed by atoms with Crippen molar-refractivity contribution in [2.75, 3.05) is 23.9 Å². The molecule has 2 heterocycles. The Balaban J connectivity index is 1.44. The quantitative estimate of drug-likeness (QED) is 0.279. The Morgan fingerprint density at radius 2 is 0.900 bits per heavy atom. The molecule has 0 aliphatic carbocycles. The third-order valence-corrected chi connectivity index (χ3v) is 7.13. The topological polar surface area (TPSA) is 76.3 Å². The van der Waals surface area contributed by atoms with E-state index in [1.165, 1.54) is 0 Å². The summed E-state index contributed by atoms with van der Waals surface area (Å²) in [6.45, 7) is 0.116. The lowest BCUT2D eigenvalue weighted by Gasteiger charge is -2.20. The van der Waals surface area contributed by atoms with Crippen molar-refractivity contribution in [2.45, 2.75) is 13.1 Å². The molecular weight excluding hydrogens is 500 g/mol. The summed E-state index contributed by atoms with van der Waals surface area (Å²) in [5.74, 6) is 0.862. The predicted molar refractivity (Wildman–Crippen MR) is 158 cm³/mol. The SMILES string of the molecule is CN(C(=O)Cn1c(-c2nc3ccccc3n2CC(=O)N(C)c2ccccc2)nc2ccccc21)c1ccccc1. The first-order chi connectivity index (χ1) is 19.5. The Morgan fingerprint density at radius 1 is 0.550 bits per heavy atom. The number of amides is 2. The second kappa shape index (κ2) is 10.5. The molecule has 0 N–H and O–H groups in total. The van der Waals surface area contributed by atoms with E-state index in [1.807, 2.05) is 118 Å². The van der Waals surface area contributed by atoms with E-state index in [0.29, 0.717) is 11.6 Å². The number of imidazole rings is 2. The minimum atomic E-state index is -0.0989. The molecule has 0 aliphatic rings. The van der Waals surface area contributed by atoms with Crippen LogP contribution in [0.2, 0.25) is 0 Å². The number of likely N-dealkylation sites (N-methyl/N-ethyl adjacent to an activating group) is 2. The van der Waals surface area contributed by atoms with E-state index in [0.717, 1.165) is 33.4 Å². The average Bonchev–Trinajstić information content (AvgIpc) is 3.55. The van der Waals surface area contributed by atoms with Gasteiger partial charge in [-0.05, 0) is 48.5 Å². The van der Waals surface area contributed by atoms with Gasteiger partial charge in [-0.25, -0.2) is 9.97 Å². The van der Waals surface area contributed by atoms with Crippen LogP contribution in [0.3, 0.4) is 0 Å². The molecule has 40 heavy (non-hydrogen) atoms. The number of hydrogen-bond acceptors (Lipinski definition) is 4. The van der Waals surface area contributed by atoms with Gasteiger partial charge < -0.3 is 18.9 Å². The number of hydrogen-bond donors (Lipinski definition) is 0. The maximum Gasteiger partial charge on any atom is 0.246 e. The van der Waals surface area contributed by atoms with Crippen LogP contribution in [0.15, 0.2) is 109 Å². The van der Waals surface area contributed by atoms with Gasteiger partial charge in [-0.15, -0.1) is 0 Å². The molecule has 0 aliphatic heterocycles. The number of fused-ring (bicyclic) bond motifs is 2. The number of aromatic nitrogens is 4. The van der Waals surface area contributed by atoms with Crippen molar-refractivity contribution in [1.82, 2.24) is 19.1 Å². The number of benzene rings is 4. The van der Waals surface area contributed by atoms with Gasteiger partial charge in [-0.2, -0.15) is 0 Å². The molecule has 0 radical (unpaired) electrons. The van der Waals surface area contributed by atoms with Crippen molar-refractivity contribution in [3.05, 3.63) is 109 Å². The second-order valence-corrected chi connectivity index (χ2v) is 9.60. The number of para-hydroxylation sites is 6. The van der Waals surface area contributed by atoms with Crippen LogP contribution in [0.5, 0.6) is 0 Å². The van der Waals surface area contributed by atoms with E-state index >= 15 is 0 Å². The fourth-order valence-electron chi connectivity index (χ4n) is 4.89. The van der Waals surface area contributed by atoms with Gasteiger partial charge in [0.2, 0.25) is 11.8 Å². The standard InChI is InChI=1S/C32H28N6O2/c1-35(23-13-5-3-6-14-23)29(39)21-37-27-19-11-9-17-25(27)33-31(37)32-34-26-18-10-12-20-28(26)38(32)22-30(40)36(2)24-15-7-4-8-16-24/h3-20H,21-22H2,1-2H3. The summed E-state index contributed by atoms with van der Waals surface area (Å²) in [6, 6.07) is 34.5. The highest BCUT2D eigenvalue weighted by Gasteiger charge is 2.24. The van der Waals surface area contributed by atoms with Crippen molar-refractivity contribution in [3.63, 3.8) is 0 Å². The first kappa shape index (κ1) is 25.1. The molecule has 2 aromatic heterocycles. The lowest BCUT2D eigenvalue weighted by molar-refractivity contribution is -0.119. The summed E-state index contributed by atoms with van der Waals surface area (Å²) in [4.78, 5) is 40.1. The third kappa shape index (κ3) is 4.60. The summed E-state index contributed by atoms with van der Waals surface area (Å²) in [5, 5.41) is 0. The molecule has 6 rings (SSSR count). The van der Waals surface area contributed by atoms with E-state index in [9.17, 15) is 9.59 Å². The predicted octanol–water partition coefficient (Wildman–Crippen LogP) is 5.38. The minimum Gasteiger partial charge on any atom is -0.314 e. The zero-order valence-electron chi connectivity index (χ0n) is 22.3. The monoisotopic (exact) mass is 528 g/mol. The molecule has 4 aromatic carbocycles. The molecule has 6 aromatic rings. The van der Waals surface area contributed by atoms with Gasteiger partial charge in [-0.1, -0.05) is 60.7 Å². The summed E-state index contributed by atoms with van der Waals surface area (Å²) >= 11 is 0. The minimum absolute atomic E-state index is 0.0578. The van der Waals surface area contributed by atoms with Crippen molar-refractivity contribution in [3.8, 4) is 11.6 Å². The molecule has 0 spiro atoms. The summed E-state index contributed by atoms with van der Waals surface area (Å²) in [7, 11) is 3.54. The van der Waals surface area contributed by atoms with Gasteiger partial charge in [0.25, 0.3) is 0 Å². The first-order valence-electron chi connectivity index (χ1n) is 13.1. The largest absolute Gasteiger partial charge is 0.314 e. The van der Waals surface area contributed by atoms with Crippen molar-refractivity contribution >= 4 is 45.3 Å².